The third kappa shape index (κ3) is 4.98. The van der Waals surface area contributed by atoms with E-state index in [1.807, 2.05) is 0 Å². The number of ketones is 1. The highest BCUT2D eigenvalue weighted by Crippen LogP contribution is 2.34. The van der Waals surface area contributed by atoms with Crippen LogP contribution in [0.15, 0.2) is 51.8 Å². The molecule has 0 N–H and O–H groups in total. The standard InChI is InChI=1S/C21H16BrNO6S/c1-12(24)29-17-8-3-13(9-18(17)28-2)10-19-20(26)23(21(27)30-19)11-16(25)14-4-6-15(22)7-5-14/h3-10H,11H2,1-2H3/b19-10-. The maximum absolute atomic E-state index is 12.7. The van der Waals surface area contributed by atoms with E-state index in [1.165, 1.54) is 26.2 Å². The summed E-state index contributed by atoms with van der Waals surface area (Å²) in [7, 11) is 1.42. The number of esters is 1. The van der Waals surface area contributed by atoms with Gasteiger partial charge in [0.1, 0.15) is 0 Å². The molecule has 1 fully saturated rings. The second kappa shape index (κ2) is 9.27. The number of imide groups is 1. The predicted molar refractivity (Wildman–Crippen MR) is 115 cm³/mol. The largest absolute Gasteiger partial charge is 0.493 e. The fourth-order valence-corrected chi connectivity index (χ4v) is 3.77. The zero-order valence-electron chi connectivity index (χ0n) is 16.0. The summed E-state index contributed by atoms with van der Waals surface area (Å²) in [5.74, 6) is -0.812. The van der Waals surface area contributed by atoms with Gasteiger partial charge in [-0.3, -0.25) is 24.1 Å². The maximum atomic E-state index is 12.7. The van der Waals surface area contributed by atoms with Crippen molar-refractivity contribution in [1.29, 1.82) is 0 Å². The highest BCUT2D eigenvalue weighted by molar-refractivity contribution is 9.10. The van der Waals surface area contributed by atoms with Crippen LogP contribution in [0.4, 0.5) is 4.79 Å². The van der Waals surface area contributed by atoms with Gasteiger partial charge in [0.2, 0.25) is 0 Å². The van der Waals surface area contributed by atoms with Gasteiger partial charge in [-0.25, -0.2) is 0 Å². The number of benzene rings is 2. The topological polar surface area (TPSA) is 90.0 Å². The fourth-order valence-electron chi connectivity index (χ4n) is 2.67. The molecule has 0 radical (unpaired) electrons. The molecule has 2 aromatic rings. The maximum Gasteiger partial charge on any atom is 0.308 e. The molecular formula is C21H16BrNO6S. The van der Waals surface area contributed by atoms with Crippen LogP contribution in [0.5, 0.6) is 11.5 Å². The molecule has 0 unspecified atom stereocenters. The number of hydrogen-bond donors (Lipinski definition) is 0. The van der Waals surface area contributed by atoms with Gasteiger partial charge in [0.05, 0.1) is 18.6 Å². The molecule has 1 heterocycles. The Morgan fingerprint density at radius 3 is 2.43 bits per heavy atom. The van der Waals surface area contributed by atoms with Crippen LogP contribution in [0.25, 0.3) is 6.08 Å². The van der Waals surface area contributed by atoms with Crippen molar-refractivity contribution in [2.45, 2.75) is 6.92 Å². The van der Waals surface area contributed by atoms with Crippen molar-refractivity contribution in [2.24, 2.45) is 0 Å². The lowest BCUT2D eigenvalue weighted by atomic mass is 10.1. The van der Waals surface area contributed by atoms with Crippen LogP contribution in [0.1, 0.15) is 22.8 Å². The van der Waals surface area contributed by atoms with Crippen LogP contribution in [-0.4, -0.2) is 41.5 Å². The molecule has 0 bridgehead atoms. The molecular weight excluding hydrogens is 474 g/mol. The average Bonchev–Trinajstić information content (AvgIpc) is 2.96. The minimum Gasteiger partial charge on any atom is -0.493 e. The van der Waals surface area contributed by atoms with Crippen molar-refractivity contribution in [3.8, 4) is 11.5 Å². The molecule has 2 aromatic carbocycles. The summed E-state index contributed by atoms with van der Waals surface area (Å²) >= 11 is 4.05. The average molecular weight is 490 g/mol. The minimum absolute atomic E-state index is 0.186. The predicted octanol–water partition coefficient (Wildman–Crippen LogP) is 4.30. The van der Waals surface area contributed by atoms with Crippen molar-refractivity contribution in [3.05, 3.63) is 63.0 Å². The molecule has 1 aliphatic rings. The van der Waals surface area contributed by atoms with E-state index in [0.29, 0.717) is 16.9 Å². The number of amides is 2. The number of thioether (sulfide) groups is 1. The van der Waals surface area contributed by atoms with Gasteiger partial charge in [-0.1, -0.05) is 34.1 Å². The normalized spacial score (nSPS) is 14.9. The van der Waals surface area contributed by atoms with Gasteiger partial charge in [0.25, 0.3) is 11.1 Å². The quantitative estimate of drug-likeness (QED) is 0.258. The molecule has 30 heavy (non-hydrogen) atoms. The van der Waals surface area contributed by atoms with E-state index in [0.717, 1.165) is 21.1 Å². The van der Waals surface area contributed by atoms with Gasteiger partial charge >= 0.3 is 5.97 Å². The number of carbonyl (C=O) groups is 4. The van der Waals surface area contributed by atoms with E-state index in [4.69, 9.17) is 9.47 Å². The zero-order chi connectivity index (χ0) is 21.8. The summed E-state index contributed by atoms with van der Waals surface area (Å²) in [4.78, 5) is 49.6. The Morgan fingerprint density at radius 1 is 1.10 bits per heavy atom. The van der Waals surface area contributed by atoms with Gasteiger partial charge in [0.15, 0.2) is 17.3 Å². The van der Waals surface area contributed by atoms with E-state index >= 15 is 0 Å². The SMILES string of the molecule is COc1cc(/C=C2\SC(=O)N(CC(=O)c3ccc(Br)cc3)C2=O)ccc1OC(C)=O. The summed E-state index contributed by atoms with van der Waals surface area (Å²) in [5, 5.41) is -0.514. The Labute approximate surface area is 185 Å². The lowest BCUT2D eigenvalue weighted by Gasteiger charge is -2.11. The molecule has 7 nitrogen and oxygen atoms in total. The van der Waals surface area contributed by atoms with Crippen molar-refractivity contribution in [3.63, 3.8) is 0 Å². The Kier molecular flexibility index (Phi) is 6.73. The van der Waals surface area contributed by atoms with Crippen LogP contribution in [0.3, 0.4) is 0 Å². The van der Waals surface area contributed by atoms with Crippen LogP contribution in [-0.2, 0) is 9.59 Å². The Morgan fingerprint density at radius 2 is 1.80 bits per heavy atom. The van der Waals surface area contributed by atoms with E-state index in [-0.39, 0.29) is 23.0 Å². The van der Waals surface area contributed by atoms with Gasteiger partial charge < -0.3 is 9.47 Å². The number of ether oxygens (including phenoxy) is 2. The molecule has 3 rings (SSSR count). The summed E-state index contributed by atoms with van der Waals surface area (Å²) in [5.41, 5.74) is 0.986. The smallest absolute Gasteiger partial charge is 0.308 e. The molecule has 0 saturated carbocycles. The first-order valence-electron chi connectivity index (χ1n) is 8.69. The van der Waals surface area contributed by atoms with E-state index in [2.05, 4.69) is 15.9 Å². The van der Waals surface area contributed by atoms with Gasteiger partial charge in [-0.05, 0) is 47.7 Å². The monoisotopic (exact) mass is 489 g/mol. The molecule has 2 amide bonds. The molecule has 0 atom stereocenters. The number of nitrogens with zero attached hydrogens (tertiary/aromatic N) is 1. The van der Waals surface area contributed by atoms with Gasteiger partial charge in [-0.15, -0.1) is 0 Å². The van der Waals surface area contributed by atoms with Crippen molar-refractivity contribution in [1.82, 2.24) is 4.90 Å². The Hall–Kier alpha value is -2.91. The van der Waals surface area contributed by atoms with Crippen LogP contribution in [0, 0.1) is 0 Å². The van der Waals surface area contributed by atoms with Crippen LogP contribution < -0.4 is 9.47 Å². The van der Waals surface area contributed by atoms with Crippen molar-refractivity contribution >= 4 is 56.7 Å². The lowest BCUT2D eigenvalue weighted by molar-refractivity contribution is -0.132. The molecule has 1 saturated heterocycles. The van der Waals surface area contributed by atoms with Crippen LogP contribution >= 0.6 is 27.7 Å². The lowest BCUT2D eigenvalue weighted by Crippen LogP contribution is -2.33. The molecule has 0 aromatic heterocycles. The number of Topliss-reactive ketones (excluding diaryl/α,β-unsaturated/α-hetero) is 1. The van der Waals surface area contributed by atoms with Crippen molar-refractivity contribution in [2.75, 3.05) is 13.7 Å². The zero-order valence-corrected chi connectivity index (χ0v) is 18.4. The van der Waals surface area contributed by atoms with Crippen LogP contribution in [0.2, 0.25) is 0 Å². The van der Waals surface area contributed by atoms with E-state index < -0.39 is 17.1 Å². The van der Waals surface area contributed by atoms with E-state index in [9.17, 15) is 19.2 Å². The highest BCUT2D eigenvalue weighted by atomic mass is 79.9. The second-order valence-corrected chi connectivity index (χ2v) is 8.11. The Balaban J connectivity index is 1.78. The number of methoxy groups -OCH3 is 1. The number of rotatable bonds is 6. The fraction of sp³-hybridized carbons (Fsp3) is 0.143. The summed E-state index contributed by atoms with van der Waals surface area (Å²) < 4.78 is 11.1. The molecule has 1 aliphatic heterocycles. The second-order valence-electron chi connectivity index (χ2n) is 6.20. The molecule has 0 spiro atoms. The first-order chi connectivity index (χ1) is 14.3. The molecule has 9 heteroatoms. The number of halogens is 1. The van der Waals surface area contributed by atoms with Gasteiger partial charge in [-0.2, -0.15) is 0 Å². The third-order valence-corrected chi connectivity index (χ3v) is 5.52. The highest BCUT2D eigenvalue weighted by Gasteiger charge is 2.36. The van der Waals surface area contributed by atoms with Crippen molar-refractivity contribution < 1.29 is 28.7 Å². The van der Waals surface area contributed by atoms with Gasteiger partial charge in [0, 0.05) is 17.0 Å². The molecule has 0 aliphatic carbocycles. The first-order valence-corrected chi connectivity index (χ1v) is 10.3. The summed E-state index contributed by atoms with van der Waals surface area (Å²) in [6, 6.07) is 11.4. The first kappa shape index (κ1) is 21.8. The molecule has 154 valence electrons. The third-order valence-electron chi connectivity index (χ3n) is 4.08. The minimum atomic E-state index is -0.543. The number of carbonyl (C=O) groups excluding carboxylic acids is 4. The van der Waals surface area contributed by atoms with E-state index in [1.54, 1.807) is 36.4 Å². The summed E-state index contributed by atoms with van der Waals surface area (Å²) in [6.45, 7) is 0.942. The Bertz CT molecular complexity index is 1060. The number of hydrogen-bond acceptors (Lipinski definition) is 7. The summed E-state index contributed by atoms with van der Waals surface area (Å²) in [6.07, 6.45) is 1.52.